The standard InChI is InChI=1S/C21H25ClFN7O.C19H21ClFN7O/c1-12(2)28-21(31)30-5-3-4-13(11-30)7-24-20-17(23)10-27-19(29-20)16-9-26-18-15(16)6-14(22)8-25-18;1-22-19(29)28-4-2-3-11(10-28)6-23-18-15(21)9-26-17(27-18)14-8-25-16-13(14)5-12(20)7-24-16/h6,8-10,12-13H,3-5,7,11H2,1-2H3,(H,25,26)(H,28,31)(H,24,27,29);5,7-9,11H,2-4,6,10H2,1H3,(H,22,29)(H,24,25)(H,23,26,27). The van der Waals surface area contributed by atoms with Gasteiger partial charge >= 0.3 is 12.1 Å². The van der Waals surface area contributed by atoms with Gasteiger partial charge in [0.2, 0.25) is 0 Å². The van der Waals surface area contributed by atoms with Crippen molar-refractivity contribution >= 4 is 69.0 Å². The zero-order chi connectivity index (χ0) is 42.3. The maximum atomic E-state index is 14.4. The molecule has 0 saturated carbocycles. The fourth-order valence-electron chi connectivity index (χ4n) is 7.38. The maximum Gasteiger partial charge on any atom is 0.317 e. The number of nitrogens with zero attached hydrogens (tertiary/aromatic N) is 8. The zero-order valence-corrected chi connectivity index (χ0v) is 34.8. The Morgan fingerprint density at radius 2 is 1.22 bits per heavy atom. The molecule has 6 aromatic rings. The Kier molecular flexibility index (Phi) is 13.4. The molecular weight excluding hydrogens is 817 g/mol. The van der Waals surface area contributed by atoms with E-state index in [2.05, 4.69) is 61.1 Å². The lowest BCUT2D eigenvalue weighted by atomic mass is 9.98. The van der Waals surface area contributed by atoms with Gasteiger partial charge in [-0.25, -0.2) is 48.3 Å². The van der Waals surface area contributed by atoms with E-state index >= 15 is 0 Å². The first-order valence-electron chi connectivity index (χ1n) is 19.8. The predicted molar refractivity (Wildman–Crippen MR) is 228 cm³/mol. The number of halogens is 4. The van der Waals surface area contributed by atoms with E-state index in [1.807, 2.05) is 18.7 Å². The highest BCUT2D eigenvalue weighted by Gasteiger charge is 2.26. The summed E-state index contributed by atoms with van der Waals surface area (Å²) >= 11 is 12.1. The third kappa shape index (κ3) is 10.1. The molecule has 316 valence electrons. The molecule has 2 aliphatic heterocycles. The lowest BCUT2D eigenvalue weighted by molar-refractivity contribution is 0.166. The first kappa shape index (κ1) is 42.3. The van der Waals surface area contributed by atoms with Crippen molar-refractivity contribution in [2.24, 2.45) is 11.8 Å². The van der Waals surface area contributed by atoms with E-state index in [9.17, 15) is 18.4 Å². The number of aromatic nitrogens is 8. The minimum absolute atomic E-state index is 0.0539. The number of carbonyl (C=O) groups is 2. The number of anilines is 2. The molecule has 16 nitrogen and oxygen atoms in total. The van der Waals surface area contributed by atoms with Crippen LogP contribution in [-0.4, -0.2) is 114 Å². The average molecular weight is 864 g/mol. The second-order valence-corrected chi connectivity index (χ2v) is 16.0. The van der Waals surface area contributed by atoms with Crippen molar-refractivity contribution in [3.63, 3.8) is 0 Å². The van der Waals surface area contributed by atoms with Crippen molar-refractivity contribution in [2.75, 3.05) is 56.9 Å². The minimum Gasteiger partial charge on any atom is -0.367 e. The Balaban J connectivity index is 0.000000182. The molecule has 4 amide bonds. The van der Waals surface area contributed by atoms with Crippen molar-refractivity contribution in [3.05, 3.63) is 71.0 Å². The van der Waals surface area contributed by atoms with Crippen LogP contribution in [0.5, 0.6) is 0 Å². The predicted octanol–water partition coefficient (Wildman–Crippen LogP) is 7.33. The zero-order valence-electron chi connectivity index (χ0n) is 33.3. The number of urea groups is 2. The molecule has 0 aromatic carbocycles. The van der Waals surface area contributed by atoms with Gasteiger partial charge < -0.3 is 41.0 Å². The van der Waals surface area contributed by atoms with Crippen molar-refractivity contribution in [1.29, 1.82) is 0 Å². The van der Waals surface area contributed by atoms with Crippen molar-refractivity contribution in [3.8, 4) is 22.8 Å². The van der Waals surface area contributed by atoms with Crippen molar-refractivity contribution in [1.82, 2.24) is 60.3 Å². The fourth-order valence-corrected chi connectivity index (χ4v) is 7.69. The average Bonchev–Trinajstić information content (AvgIpc) is 3.87. The molecule has 20 heteroatoms. The smallest absolute Gasteiger partial charge is 0.317 e. The third-order valence-corrected chi connectivity index (χ3v) is 10.7. The Hall–Kier alpha value is -5.88. The minimum atomic E-state index is -0.524. The van der Waals surface area contributed by atoms with Gasteiger partial charge in [0.05, 0.1) is 22.4 Å². The summed E-state index contributed by atoms with van der Waals surface area (Å²) in [5.74, 6) is 0.402. The van der Waals surface area contributed by atoms with Crippen LogP contribution in [0.15, 0.2) is 49.3 Å². The van der Waals surface area contributed by atoms with Gasteiger partial charge in [0, 0.05) is 99.0 Å². The van der Waals surface area contributed by atoms with Crippen molar-refractivity contribution < 1.29 is 18.4 Å². The molecule has 0 radical (unpaired) electrons. The Labute approximate surface area is 354 Å². The first-order valence-corrected chi connectivity index (χ1v) is 20.5. The third-order valence-electron chi connectivity index (χ3n) is 10.3. The summed E-state index contributed by atoms with van der Waals surface area (Å²) in [4.78, 5) is 59.3. The van der Waals surface area contributed by atoms with Crippen LogP contribution in [0, 0.1) is 23.5 Å². The van der Waals surface area contributed by atoms with E-state index in [0.29, 0.717) is 70.3 Å². The summed E-state index contributed by atoms with van der Waals surface area (Å²) in [6.07, 6.45) is 12.6. The second kappa shape index (κ2) is 19.0. The lowest BCUT2D eigenvalue weighted by Gasteiger charge is -2.33. The Morgan fingerprint density at radius 1 is 0.750 bits per heavy atom. The summed E-state index contributed by atoms with van der Waals surface area (Å²) in [5.41, 5.74) is 2.70. The molecule has 0 bridgehead atoms. The van der Waals surface area contributed by atoms with Crippen LogP contribution in [0.1, 0.15) is 39.5 Å². The molecular formula is C40H46Cl2F2N14O2. The van der Waals surface area contributed by atoms with Crippen molar-refractivity contribution in [2.45, 2.75) is 45.6 Å². The fraction of sp³-hybridized carbons (Fsp3) is 0.400. The number of hydrogen-bond donors (Lipinski definition) is 6. The van der Waals surface area contributed by atoms with Gasteiger partial charge in [-0.3, -0.25) is 0 Å². The molecule has 2 unspecified atom stereocenters. The van der Waals surface area contributed by atoms with E-state index in [-0.39, 0.29) is 41.6 Å². The van der Waals surface area contributed by atoms with E-state index in [1.54, 1.807) is 48.9 Å². The summed E-state index contributed by atoms with van der Waals surface area (Å²) in [7, 11) is 1.62. The van der Waals surface area contributed by atoms with Gasteiger partial charge in [-0.05, 0) is 63.5 Å². The number of likely N-dealkylation sites (tertiary alicyclic amines) is 2. The van der Waals surface area contributed by atoms with Crippen LogP contribution >= 0.6 is 23.2 Å². The van der Waals surface area contributed by atoms with Gasteiger partial charge in [0.25, 0.3) is 0 Å². The van der Waals surface area contributed by atoms with Crippen LogP contribution < -0.4 is 21.3 Å². The number of pyridine rings is 2. The lowest BCUT2D eigenvalue weighted by Crippen LogP contribution is -2.48. The van der Waals surface area contributed by atoms with Crippen LogP contribution in [0.3, 0.4) is 0 Å². The van der Waals surface area contributed by atoms with Gasteiger partial charge in [-0.2, -0.15) is 0 Å². The molecule has 8 heterocycles. The molecule has 60 heavy (non-hydrogen) atoms. The summed E-state index contributed by atoms with van der Waals surface area (Å²) in [5, 5.41) is 14.3. The number of hydrogen-bond acceptors (Lipinski definition) is 10. The van der Waals surface area contributed by atoms with E-state index in [0.717, 1.165) is 61.9 Å². The molecule has 6 aromatic heterocycles. The topological polar surface area (TPSA) is 198 Å². The number of nitrogens with one attached hydrogen (secondary N) is 6. The van der Waals surface area contributed by atoms with Crippen LogP contribution in [-0.2, 0) is 0 Å². The Morgan fingerprint density at radius 3 is 1.67 bits per heavy atom. The summed E-state index contributed by atoms with van der Waals surface area (Å²) in [6, 6.07) is 3.49. The summed E-state index contributed by atoms with van der Waals surface area (Å²) in [6.45, 7) is 7.62. The molecule has 2 atom stereocenters. The normalized spacial score (nSPS) is 16.7. The van der Waals surface area contributed by atoms with E-state index in [1.165, 1.54) is 0 Å². The molecule has 0 spiro atoms. The quantitative estimate of drug-likeness (QED) is 0.0856. The van der Waals surface area contributed by atoms with Gasteiger partial charge in [-0.15, -0.1) is 0 Å². The molecule has 8 rings (SSSR count). The van der Waals surface area contributed by atoms with E-state index < -0.39 is 11.6 Å². The number of fused-ring (bicyclic) bond motifs is 2. The maximum absolute atomic E-state index is 14.4. The number of H-pyrrole nitrogens is 2. The number of carbonyl (C=O) groups excluding carboxylic acids is 2. The highest BCUT2D eigenvalue weighted by atomic mass is 35.5. The number of aromatic amines is 2. The van der Waals surface area contributed by atoms with E-state index in [4.69, 9.17) is 23.2 Å². The Bertz CT molecular complexity index is 2460. The second-order valence-electron chi connectivity index (χ2n) is 15.1. The van der Waals surface area contributed by atoms with Gasteiger partial charge in [0.1, 0.15) is 11.3 Å². The van der Waals surface area contributed by atoms with Gasteiger partial charge in [-0.1, -0.05) is 23.2 Å². The number of rotatable bonds is 9. The number of piperidine rings is 2. The largest absolute Gasteiger partial charge is 0.367 e. The van der Waals surface area contributed by atoms with Crippen LogP contribution in [0.2, 0.25) is 10.0 Å². The highest BCUT2D eigenvalue weighted by Crippen LogP contribution is 2.30. The van der Waals surface area contributed by atoms with Crippen LogP contribution in [0.25, 0.3) is 44.8 Å². The molecule has 2 aliphatic rings. The first-order chi connectivity index (χ1) is 28.9. The molecule has 0 aliphatic carbocycles. The van der Waals surface area contributed by atoms with Crippen LogP contribution in [0.4, 0.5) is 30.0 Å². The molecule has 2 fully saturated rings. The highest BCUT2D eigenvalue weighted by molar-refractivity contribution is 6.31. The summed E-state index contributed by atoms with van der Waals surface area (Å²) < 4.78 is 28.7. The molecule has 2 saturated heterocycles. The molecule has 6 N–H and O–H groups in total. The van der Waals surface area contributed by atoms with Gasteiger partial charge in [0.15, 0.2) is 34.9 Å². The number of amides is 4. The monoisotopic (exact) mass is 862 g/mol. The SMILES string of the molecule is CC(C)NC(=O)N1CCCC(CNc2nc(-c3c[nH]c4ncc(Cl)cc34)ncc2F)C1.CNC(=O)N1CCCC(CNc2nc(-c3c[nH]c4ncc(Cl)cc34)ncc2F)C1.